The first kappa shape index (κ1) is 17.6. The molecule has 1 aromatic rings. The van der Waals surface area contributed by atoms with Gasteiger partial charge in [-0.15, -0.1) is 0 Å². The van der Waals surface area contributed by atoms with Crippen molar-refractivity contribution in [3.8, 4) is 11.5 Å². The molecule has 3 spiro atoms. The van der Waals surface area contributed by atoms with Gasteiger partial charge in [0.1, 0.15) is 17.6 Å². The molecule has 7 aliphatic rings. The molecule has 8 rings (SSSR count). The molecule has 6 heteroatoms. The van der Waals surface area contributed by atoms with Crippen LogP contribution in [0.1, 0.15) is 30.9 Å². The number of carbonyl (C=O) groups is 1. The average Bonchev–Trinajstić information content (AvgIpc) is 3.05. The second-order valence-corrected chi connectivity index (χ2v) is 10.3. The summed E-state index contributed by atoms with van der Waals surface area (Å²) in [6, 6.07) is 4.54. The van der Waals surface area contributed by atoms with Gasteiger partial charge in [0.15, 0.2) is 17.1 Å². The van der Waals surface area contributed by atoms with Crippen molar-refractivity contribution in [2.45, 2.75) is 48.8 Å². The molecule has 30 heavy (non-hydrogen) atoms. The van der Waals surface area contributed by atoms with Crippen molar-refractivity contribution in [2.24, 2.45) is 10.8 Å². The lowest BCUT2D eigenvalue weighted by molar-refractivity contribution is -0.322. The van der Waals surface area contributed by atoms with E-state index in [4.69, 9.17) is 18.9 Å². The van der Waals surface area contributed by atoms with Gasteiger partial charge in [-0.3, -0.25) is 4.79 Å². The zero-order valence-electron chi connectivity index (χ0n) is 17.9. The number of hydrogen-bond acceptors (Lipinski definition) is 6. The van der Waals surface area contributed by atoms with Crippen LogP contribution in [0.3, 0.4) is 0 Å². The van der Waals surface area contributed by atoms with Crippen molar-refractivity contribution in [1.29, 1.82) is 0 Å². The minimum absolute atomic E-state index is 0.174. The Bertz CT molecular complexity index is 1070. The fourth-order valence-electron chi connectivity index (χ4n) is 8.85. The third kappa shape index (κ3) is 1.29. The first-order valence-electron chi connectivity index (χ1n) is 10.9. The van der Waals surface area contributed by atoms with Crippen LogP contribution < -0.4 is 9.47 Å². The molecule has 6 bridgehead atoms. The van der Waals surface area contributed by atoms with E-state index in [-0.39, 0.29) is 23.4 Å². The Hall–Kier alpha value is -2.05. The number of piperidine rings is 1. The van der Waals surface area contributed by atoms with Crippen LogP contribution in [0.25, 0.3) is 0 Å². The first-order chi connectivity index (χ1) is 14.4. The van der Waals surface area contributed by atoms with E-state index in [1.807, 2.05) is 13.0 Å². The molecule has 3 heterocycles. The van der Waals surface area contributed by atoms with Crippen LogP contribution in [0.15, 0.2) is 24.3 Å². The highest BCUT2D eigenvalue weighted by Gasteiger charge is 2.90. The second kappa shape index (κ2) is 4.73. The van der Waals surface area contributed by atoms with Crippen LogP contribution >= 0.6 is 0 Å². The van der Waals surface area contributed by atoms with Crippen LogP contribution in [-0.4, -0.2) is 62.5 Å². The summed E-state index contributed by atoms with van der Waals surface area (Å²) in [7, 11) is 5.64. The maximum absolute atomic E-state index is 13.3. The minimum Gasteiger partial charge on any atom is -0.493 e. The minimum atomic E-state index is -0.879. The largest absolute Gasteiger partial charge is 0.493 e. The Balaban J connectivity index is 1.67. The number of ether oxygens (including phenoxy) is 4. The van der Waals surface area contributed by atoms with Gasteiger partial charge in [0.2, 0.25) is 0 Å². The van der Waals surface area contributed by atoms with Crippen molar-refractivity contribution < 1.29 is 23.7 Å². The highest BCUT2D eigenvalue weighted by molar-refractivity contribution is 5.84. The van der Waals surface area contributed by atoms with Crippen LogP contribution in [0, 0.1) is 10.8 Å². The summed E-state index contributed by atoms with van der Waals surface area (Å²) in [4.78, 5) is 15.8. The van der Waals surface area contributed by atoms with Gasteiger partial charge in [-0.25, -0.2) is 0 Å². The van der Waals surface area contributed by atoms with E-state index in [0.29, 0.717) is 12.5 Å². The normalized spacial score (nSPS) is 48.8. The van der Waals surface area contributed by atoms with E-state index in [1.54, 1.807) is 14.2 Å². The van der Waals surface area contributed by atoms with Gasteiger partial charge < -0.3 is 23.8 Å². The number of methoxy groups -OCH3 is 2. The summed E-state index contributed by atoms with van der Waals surface area (Å²) in [5, 5.41) is 0. The van der Waals surface area contributed by atoms with Gasteiger partial charge >= 0.3 is 5.97 Å². The highest BCUT2D eigenvalue weighted by atomic mass is 16.6. The Morgan fingerprint density at radius 2 is 2.07 bits per heavy atom. The van der Waals surface area contributed by atoms with Crippen LogP contribution in [-0.2, 0) is 26.1 Å². The molecule has 1 aromatic carbocycles. The molecule has 0 amide bonds. The Kier molecular flexibility index (Phi) is 2.78. The molecule has 6 atom stereocenters. The Morgan fingerprint density at radius 1 is 1.23 bits per heavy atom. The van der Waals surface area contributed by atoms with Gasteiger partial charge in [-0.1, -0.05) is 18.2 Å². The monoisotopic (exact) mass is 409 g/mol. The van der Waals surface area contributed by atoms with Gasteiger partial charge in [0.25, 0.3) is 0 Å². The van der Waals surface area contributed by atoms with Crippen molar-refractivity contribution in [2.75, 3.05) is 34.4 Å². The van der Waals surface area contributed by atoms with E-state index in [2.05, 4.69) is 30.2 Å². The SMILES string of the molecule is COc1ccc2c3c1O[C@@]14COC(=O)[C@]5(C)C[C@]6(C=C[C@]15OC)[C@@H](C2)N(C)CC[C@]346. The average molecular weight is 409 g/mol. The third-order valence-corrected chi connectivity index (χ3v) is 9.85. The fourth-order valence-corrected chi connectivity index (χ4v) is 8.85. The van der Waals surface area contributed by atoms with Crippen LogP contribution in [0.2, 0.25) is 0 Å². The summed E-state index contributed by atoms with van der Waals surface area (Å²) in [6.07, 6.45) is 7.13. The lowest BCUT2D eigenvalue weighted by Crippen LogP contribution is -2.90. The number of benzene rings is 1. The molecule has 4 aliphatic carbocycles. The molecular weight excluding hydrogens is 382 g/mol. The third-order valence-electron chi connectivity index (χ3n) is 9.85. The van der Waals surface area contributed by atoms with E-state index in [1.165, 1.54) is 11.1 Å². The summed E-state index contributed by atoms with van der Waals surface area (Å²) in [6.45, 7) is 3.20. The maximum atomic E-state index is 13.3. The summed E-state index contributed by atoms with van der Waals surface area (Å²) < 4.78 is 25.1. The van der Waals surface area contributed by atoms with Gasteiger partial charge in [0, 0.05) is 24.1 Å². The zero-order chi connectivity index (χ0) is 20.7. The van der Waals surface area contributed by atoms with Crippen LogP contribution in [0.4, 0.5) is 0 Å². The standard InChI is InChI=1S/C24H27NO5/c1-20-12-21-7-8-23(20,28-4)24(13-29-19(20)26)22(21)9-10-25(2)16(21)11-14-5-6-15(27-3)18(30-24)17(14)22/h5-8,16H,9-13H2,1-4H3/t16-,20+,21-,22-,23-,24-/m1/s1. The lowest BCUT2D eigenvalue weighted by Gasteiger charge is -2.77. The van der Waals surface area contributed by atoms with E-state index in [9.17, 15) is 4.79 Å². The van der Waals surface area contributed by atoms with Gasteiger partial charge in [-0.2, -0.15) is 0 Å². The number of likely N-dealkylation sites (tertiary alicyclic amines) is 1. The molecule has 0 aromatic heterocycles. The second-order valence-electron chi connectivity index (χ2n) is 10.3. The summed E-state index contributed by atoms with van der Waals surface area (Å²) in [5.41, 5.74) is -0.389. The molecule has 6 nitrogen and oxygen atoms in total. The molecular formula is C24H27NO5. The predicted molar refractivity (Wildman–Crippen MR) is 108 cm³/mol. The molecule has 0 unspecified atom stereocenters. The van der Waals surface area contributed by atoms with E-state index in [0.717, 1.165) is 30.9 Å². The number of cyclic esters (lactones) is 1. The quantitative estimate of drug-likeness (QED) is 0.552. The Labute approximate surface area is 176 Å². The number of likely N-dealkylation sites (N-methyl/N-ethyl adjacent to an activating group) is 1. The molecule has 3 aliphatic heterocycles. The predicted octanol–water partition coefficient (Wildman–Crippen LogP) is 2.23. The Morgan fingerprint density at radius 3 is 2.83 bits per heavy atom. The number of rotatable bonds is 2. The fraction of sp³-hybridized carbons (Fsp3) is 0.625. The van der Waals surface area contributed by atoms with Crippen molar-refractivity contribution in [1.82, 2.24) is 4.90 Å². The summed E-state index contributed by atoms with van der Waals surface area (Å²) in [5.74, 6) is 1.41. The summed E-state index contributed by atoms with van der Waals surface area (Å²) >= 11 is 0. The topological polar surface area (TPSA) is 57.2 Å². The number of nitrogens with zero attached hydrogens (tertiary/aromatic N) is 1. The molecule has 0 radical (unpaired) electrons. The van der Waals surface area contributed by atoms with Gasteiger partial charge in [-0.05, 0) is 51.4 Å². The van der Waals surface area contributed by atoms with Gasteiger partial charge in [0.05, 0.1) is 12.5 Å². The molecule has 158 valence electrons. The number of hydrogen-bond donors (Lipinski definition) is 0. The van der Waals surface area contributed by atoms with Crippen molar-refractivity contribution >= 4 is 5.97 Å². The highest BCUT2D eigenvalue weighted by Crippen LogP contribution is 2.81. The number of esters is 1. The smallest absolute Gasteiger partial charge is 0.315 e. The van der Waals surface area contributed by atoms with Crippen molar-refractivity contribution in [3.63, 3.8) is 0 Å². The van der Waals surface area contributed by atoms with E-state index >= 15 is 0 Å². The van der Waals surface area contributed by atoms with Crippen LogP contribution in [0.5, 0.6) is 11.5 Å². The lowest BCUT2D eigenvalue weighted by atomic mass is 9.30. The first-order valence-corrected chi connectivity index (χ1v) is 10.9. The molecule has 2 saturated heterocycles. The number of carbonyl (C=O) groups excluding carboxylic acids is 1. The van der Waals surface area contributed by atoms with E-state index < -0.39 is 16.6 Å². The molecule has 1 saturated carbocycles. The van der Waals surface area contributed by atoms with Crippen molar-refractivity contribution in [3.05, 3.63) is 35.4 Å². The maximum Gasteiger partial charge on any atom is 0.315 e. The zero-order valence-corrected chi connectivity index (χ0v) is 17.9. The molecule has 0 N–H and O–H groups in total. The molecule has 3 fully saturated rings.